The van der Waals surface area contributed by atoms with Gasteiger partial charge in [0.05, 0.1) is 6.54 Å². The normalized spacial score (nSPS) is 9.75. The molecule has 0 aromatic carbocycles. The second kappa shape index (κ2) is 5.03. The molecule has 6 heteroatoms. The predicted molar refractivity (Wildman–Crippen MR) is 40.5 cm³/mol. The lowest BCUT2D eigenvalue weighted by Crippen LogP contribution is -2.34. The molecule has 0 bridgehead atoms. The molecule has 0 radical (unpaired) electrons. The van der Waals surface area contributed by atoms with E-state index in [-0.39, 0.29) is 6.54 Å². The fourth-order valence-electron chi connectivity index (χ4n) is 0.388. The Kier molecular flexibility index (Phi) is 4.32. The van der Waals surface area contributed by atoms with Gasteiger partial charge in [-0.15, -0.1) is 0 Å². The molecule has 0 saturated carbocycles. The van der Waals surface area contributed by atoms with Crippen molar-refractivity contribution in [2.45, 2.75) is 0 Å². The fourth-order valence-corrected chi connectivity index (χ4v) is 0.388. The number of nitrogens with one attached hydrogen (secondary N) is 1. The first-order chi connectivity index (χ1) is 5.56. The van der Waals surface area contributed by atoms with Crippen LogP contribution in [0.25, 0.3) is 0 Å². The molecule has 0 fully saturated rings. The van der Waals surface area contributed by atoms with Crippen LogP contribution in [0.1, 0.15) is 0 Å². The van der Waals surface area contributed by atoms with E-state index in [9.17, 15) is 14.4 Å². The molecule has 0 atom stereocenters. The van der Waals surface area contributed by atoms with E-state index in [0.29, 0.717) is 0 Å². The summed E-state index contributed by atoms with van der Waals surface area (Å²) in [4.78, 5) is 31.2. The Labute approximate surface area is 68.6 Å². The Hall–Kier alpha value is -1.69. The van der Waals surface area contributed by atoms with E-state index in [4.69, 9.17) is 5.73 Å². The number of hydrogen-bond donors (Lipinski definition) is 3. The van der Waals surface area contributed by atoms with E-state index >= 15 is 0 Å². The first-order valence-electron chi connectivity index (χ1n) is 3.07. The predicted octanol–water partition coefficient (Wildman–Crippen LogP) is -2.37. The number of carbonyl (C=O) groups is 3. The Bertz CT molecular complexity index is 234. The molecule has 6 nitrogen and oxygen atoms in total. The van der Waals surface area contributed by atoms with Crippen molar-refractivity contribution in [3.05, 3.63) is 12.2 Å². The average molecular weight is 171 g/mol. The molecule has 12 heavy (non-hydrogen) atoms. The van der Waals surface area contributed by atoms with E-state index in [0.717, 1.165) is 12.2 Å². The molecule has 0 rings (SSSR count). The zero-order valence-corrected chi connectivity index (χ0v) is 6.24. The van der Waals surface area contributed by atoms with Crippen molar-refractivity contribution in [2.24, 2.45) is 11.5 Å². The van der Waals surface area contributed by atoms with Crippen molar-refractivity contribution in [2.75, 3.05) is 6.54 Å². The Morgan fingerprint density at radius 2 is 1.83 bits per heavy atom. The first-order valence-corrected chi connectivity index (χ1v) is 3.07. The van der Waals surface area contributed by atoms with Crippen LogP contribution < -0.4 is 16.8 Å². The smallest absolute Gasteiger partial charge is 0.250 e. The minimum Gasteiger partial charge on any atom is -0.366 e. The molecule has 0 aliphatic heterocycles. The Morgan fingerprint density at radius 1 is 1.25 bits per heavy atom. The SMILES string of the molecule is NCC(=O)NC(=O)/C=C/C(N)=O. The van der Waals surface area contributed by atoms with Crippen molar-refractivity contribution >= 4 is 17.7 Å². The molecular formula is C6H9N3O3. The number of rotatable bonds is 3. The molecule has 0 aromatic rings. The molecule has 0 aliphatic rings. The van der Waals surface area contributed by atoms with Gasteiger partial charge >= 0.3 is 0 Å². The summed E-state index contributed by atoms with van der Waals surface area (Å²) in [6, 6.07) is 0. The van der Waals surface area contributed by atoms with Gasteiger partial charge in [-0.2, -0.15) is 0 Å². The minimum atomic E-state index is -0.759. The highest BCUT2D eigenvalue weighted by molar-refractivity contribution is 6.04. The van der Waals surface area contributed by atoms with Crippen LogP contribution in [-0.2, 0) is 14.4 Å². The van der Waals surface area contributed by atoms with Crippen LogP contribution >= 0.6 is 0 Å². The Balaban J connectivity index is 3.90. The number of imide groups is 1. The summed E-state index contributed by atoms with van der Waals surface area (Å²) in [7, 11) is 0. The quantitative estimate of drug-likeness (QED) is 0.411. The van der Waals surface area contributed by atoms with Crippen LogP contribution in [-0.4, -0.2) is 24.3 Å². The lowest BCUT2D eigenvalue weighted by molar-refractivity contribution is -0.127. The summed E-state index contributed by atoms with van der Waals surface area (Å²) in [5.74, 6) is -2.09. The highest BCUT2D eigenvalue weighted by atomic mass is 16.2. The van der Waals surface area contributed by atoms with E-state index < -0.39 is 17.7 Å². The summed E-state index contributed by atoms with van der Waals surface area (Å²) in [5.41, 5.74) is 9.58. The molecule has 5 N–H and O–H groups in total. The van der Waals surface area contributed by atoms with Crippen LogP contribution in [0.3, 0.4) is 0 Å². The zero-order chi connectivity index (χ0) is 9.56. The fraction of sp³-hybridized carbons (Fsp3) is 0.167. The van der Waals surface area contributed by atoms with Gasteiger partial charge in [0.25, 0.3) is 5.91 Å². The van der Waals surface area contributed by atoms with Crippen LogP contribution in [0.4, 0.5) is 0 Å². The van der Waals surface area contributed by atoms with Gasteiger partial charge in [-0.05, 0) is 0 Å². The van der Waals surface area contributed by atoms with Crippen molar-refractivity contribution in [3.63, 3.8) is 0 Å². The second-order valence-corrected chi connectivity index (χ2v) is 1.85. The van der Waals surface area contributed by atoms with Crippen LogP contribution in [0.2, 0.25) is 0 Å². The summed E-state index contributed by atoms with van der Waals surface area (Å²) in [6.07, 6.45) is 1.70. The third kappa shape index (κ3) is 5.12. The molecule has 0 aromatic heterocycles. The van der Waals surface area contributed by atoms with E-state index in [1.54, 1.807) is 0 Å². The number of nitrogens with two attached hydrogens (primary N) is 2. The maximum Gasteiger partial charge on any atom is 0.250 e. The van der Waals surface area contributed by atoms with Gasteiger partial charge < -0.3 is 11.5 Å². The largest absolute Gasteiger partial charge is 0.366 e. The van der Waals surface area contributed by atoms with Gasteiger partial charge in [-0.3, -0.25) is 19.7 Å². The maximum absolute atomic E-state index is 10.6. The first kappa shape index (κ1) is 10.3. The topological polar surface area (TPSA) is 115 Å². The Morgan fingerprint density at radius 3 is 2.25 bits per heavy atom. The molecule has 3 amide bonds. The molecule has 66 valence electrons. The number of carbonyl (C=O) groups excluding carboxylic acids is 3. The monoisotopic (exact) mass is 171 g/mol. The highest BCUT2D eigenvalue weighted by Crippen LogP contribution is 1.72. The van der Waals surface area contributed by atoms with E-state index in [2.05, 4.69) is 5.73 Å². The van der Waals surface area contributed by atoms with Gasteiger partial charge in [0.2, 0.25) is 11.8 Å². The maximum atomic E-state index is 10.6. The number of amides is 3. The molecule has 0 unspecified atom stereocenters. The van der Waals surface area contributed by atoms with Gasteiger partial charge in [-0.25, -0.2) is 0 Å². The standard InChI is InChI=1S/C6H9N3O3/c7-3-6(12)9-5(11)2-1-4(8)10/h1-2H,3,7H2,(H2,8,10)(H,9,11,12)/b2-1+. The average Bonchev–Trinajstić information content (AvgIpc) is 2.00. The second-order valence-electron chi connectivity index (χ2n) is 1.85. The lowest BCUT2D eigenvalue weighted by Gasteiger charge is -1.95. The molecule has 0 aliphatic carbocycles. The van der Waals surface area contributed by atoms with Gasteiger partial charge in [-0.1, -0.05) is 0 Å². The van der Waals surface area contributed by atoms with Crippen LogP contribution in [0.15, 0.2) is 12.2 Å². The van der Waals surface area contributed by atoms with Crippen molar-refractivity contribution in [1.29, 1.82) is 0 Å². The third-order valence-electron chi connectivity index (χ3n) is 0.847. The van der Waals surface area contributed by atoms with E-state index in [1.165, 1.54) is 0 Å². The van der Waals surface area contributed by atoms with Crippen molar-refractivity contribution in [3.8, 4) is 0 Å². The van der Waals surface area contributed by atoms with Crippen LogP contribution in [0, 0.1) is 0 Å². The molecule has 0 saturated heterocycles. The van der Waals surface area contributed by atoms with Crippen molar-refractivity contribution in [1.82, 2.24) is 5.32 Å². The van der Waals surface area contributed by atoms with Crippen LogP contribution in [0.5, 0.6) is 0 Å². The summed E-state index contributed by atoms with van der Waals surface area (Å²) < 4.78 is 0. The third-order valence-corrected chi connectivity index (χ3v) is 0.847. The zero-order valence-electron chi connectivity index (χ0n) is 6.24. The number of primary amides is 1. The van der Waals surface area contributed by atoms with E-state index in [1.807, 2.05) is 5.32 Å². The molecular weight excluding hydrogens is 162 g/mol. The van der Waals surface area contributed by atoms with Gasteiger partial charge in [0.1, 0.15) is 0 Å². The lowest BCUT2D eigenvalue weighted by atomic mass is 10.4. The highest BCUT2D eigenvalue weighted by Gasteiger charge is 2.00. The van der Waals surface area contributed by atoms with Gasteiger partial charge in [0.15, 0.2) is 0 Å². The molecule has 0 spiro atoms. The minimum absolute atomic E-state index is 0.282. The van der Waals surface area contributed by atoms with Crippen molar-refractivity contribution < 1.29 is 14.4 Å². The van der Waals surface area contributed by atoms with Gasteiger partial charge in [0, 0.05) is 12.2 Å². The summed E-state index contributed by atoms with van der Waals surface area (Å²) in [6.45, 7) is -0.282. The summed E-state index contributed by atoms with van der Waals surface area (Å²) in [5, 5.41) is 1.89. The number of hydrogen-bond acceptors (Lipinski definition) is 4. The molecule has 0 heterocycles. The summed E-state index contributed by atoms with van der Waals surface area (Å²) >= 11 is 0.